The quantitative estimate of drug-likeness (QED) is 0.537. The second kappa shape index (κ2) is 29.1. The van der Waals surface area contributed by atoms with E-state index in [0.717, 1.165) is 0 Å². The fourth-order valence-electron chi connectivity index (χ4n) is 0.258. The maximum Gasteiger partial charge on any atom is 3.00 e. The number of aliphatic carboxylic acids is 3. The normalized spacial score (nSPS) is 10.8. The molecule has 0 unspecified atom stereocenters. The topological polar surface area (TPSA) is 157 Å². The third kappa shape index (κ3) is 49.5. The van der Waals surface area contributed by atoms with Gasteiger partial charge < -0.3 is 29.7 Å². The molecule has 28 heavy (non-hydrogen) atoms. The second-order valence-corrected chi connectivity index (χ2v) is 4.10. The molecule has 0 bridgehead atoms. The first kappa shape index (κ1) is 33.0. The van der Waals surface area contributed by atoms with Gasteiger partial charge in [-0.2, -0.15) is 0 Å². The molecule has 0 spiro atoms. The largest absolute Gasteiger partial charge is 3.00 e. The monoisotopic (exact) mass is 426 g/mol. The first-order valence-electron chi connectivity index (χ1n) is 7.96. The maximum absolute atomic E-state index is 9.26. The van der Waals surface area contributed by atoms with Crippen LogP contribution in [0.5, 0.6) is 0 Å². The van der Waals surface area contributed by atoms with Gasteiger partial charge in [0.2, 0.25) is 0 Å². The van der Waals surface area contributed by atoms with Crippen LogP contribution in [0, 0.1) is 0 Å². The minimum atomic E-state index is -0.995. The van der Waals surface area contributed by atoms with Gasteiger partial charge in [-0.05, 0) is 37.5 Å². The van der Waals surface area contributed by atoms with E-state index in [-0.39, 0.29) is 41.0 Å². The van der Waals surface area contributed by atoms with Gasteiger partial charge >= 0.3 is 21.7 Å². The van der Waals surface area contributed by atoms with Crippen LogP contribution >= 0.6 is 0 Å². The van der Waals surface area contributed by atoms with Crippen LogP contribution in [0.3, 0.4) is 0 Å². The van der Waals surface area contributed by atoms with Crippen molar-refractivity contribution in [2.24, 2.45) is 15.0 Å². The van der Waals surface area contributed by atoms with Crippen LogP contribution in [0.4, 0.5) is 0 Å². The molecule has 3 aliphatic rings. The molecule has 3 aliphatic heterocycles. The Morgan fingerprint density at radius 1 is 0.607 bits per heavy atom. The van der Waals surface area contributed by atoms with Gasteiger partial charge in [0.25, 0.3) is 0 Å². The Labute approximate surface area is 179 Å². The van der Waals surface area contributed by atoms with Gasteiger partial charge in [-0.3, -0.25) is 15.0 Å². The zero-order valence-corrected chi connectivity index (χ0v) is 17.7. The molecule has 0 aliphatic carbocycles. The predicted octanol–water partition coefficient (Wildman–Crippen LogP) is -0.810. The summed E-state index contributed by atoms with van der Waals surface area (Å²) in [5.74, 6) is -2.99. The Hall–Kier alpha value is -2.65. The Balaban J connectivity index is -0.000000123. The van der Waals surface area contributed by atoms with E-state index in [1.165, 1.54) is 20.8 Å². The Bertz CT molecular complexity index is 447. The number of nitrogens with zero attached hydrogens (tertiary/aromatic N) is 3. The van der Waals surface area contributed by atoms with Crippen molar-refractivity contribution in [2.45, 2.75) is 40.0 Å². The number of carbonyl (C=O) groups is 3. The Morgan fingerprint density at radius 3 is 0.679 bits per heavy atom. The van der Waals surface area contributed by atoms with Crippen LogP contribution in [0.2, 0.25) is 0 Å². The van der Waals surface area contributed by atoms with Gasteiger partial charge in [0.1, 0.15) is 0 Å². The summed E-state index contributed by atoms with van der Waals surface area (Å²) in [6.45, 7) is 4.61. The molecule has 0 aromatic carbocycles. The van der Waals surface area contributed by atoms with E-state index in [1.54, 1.807) is 37.2 Å². The summed E-state index contributed by atoms with van der Waals surface area (Å²) in [4.78, 5) is 38.6. The third-order valence-electron chi connectivity index (χ3n) is 1.90. The predicted molar refractivity (Wildman–Crippen MR) is 98.8 cm³/mol. The SMILES string of the molecule is C1=CN=C1.C1=CN=C1.C1=CN=C1.CCC(=O)[O-].CCC(=O)[O-].CCC(=O)[O-].[Ti+3]. The summed E-state index contributed by atoms with van der Waals surface area (Å²) < 4.78 is 0. The summed E-state index contributed by atoms with van der Waals surface area (Å²) in [6.07, 6.45) is 16.5. The van der Waals surface area contributed by atoms with E-state index >= 15 is 0 Å². The van der Waals surface area contributed by atoms with Crippen LogP contribution in [0.15, 0.2) is 51.8 Å². The maximum atomic E-state index is 9.26. The molecule has 151 valence electrons. The molecule has 10 heteroatoms. The van der Waals surface area contributed by atoms with Crippen molar-refractivity contribution in [3.05, 3.63) is 36.8 Å². The molecule has 0 saturated heterocycles. The number of carboxylic acid groups (broad SMARTS) is 3. The molecule has 9 nitrogen and oxygen atoms in total. The van der Waals surface area contributed by atoms with Crippen LogP contribution in [0.25, 0.3) is 0 Å². The third-order valence-corrected chi connectivity index (χ3v) is 1.90. The first-order chi connectivity index (χ1) is 12.8. The molecule has 0 amide bonds. The molecule has 0 aromatic rings. The zero-order valence-electron chi connectivity index (χ0n) is 16.1. The molecule has 3 heterocycles. The molecule has 0 saturated carbocycles. The van der Waals surface area contributed by atoms with Crippen molar-refractivity contribution >= 4 is 36.6 Å². The van der Waals surface area contributed by atoms with E-state index in [2.05, 4.69) is 15.0 Å². The van der Waals surface area contributed by atoms with Crippen molar-refractivity contribution in [2.75, 3.05) is 0 Å². The number of carbonyl (C=O) groups excluding carboxylic acids is 3. The fourth-order valence-corrected chi connectivity index (χ4v) is 0.258. The van der Waals surface area contributed by atoms with E-state index in [9.17, 15) is 29.7 Å². The second-order valence-electron chi connectivity index (χ2n) is 4.10. The molecule has 0 fully saturated rings. The molecular formula is C18H24N3O6Ti. The van der Waals surface area contributed by atoms with Crippen LogP contribution in [0.1, 0.15) is 40.0 Å². The van der Waals surface area contributed by atoms with Crippen LogP contribution in [-0.2, 0) is 36.1 Å². The summed E-state index contributed by atoms with van der Waals surface area (Å²) in [5.41, 5.74) is 0. The summed E-state index contributed by atoms with van der Waals surface area (Å²) in [5, 5.41) is 27.8. The molecule has 0 aromatic heterocycles. The van der Waals surface area contributed by atoms with Gasteiger partial charge in [-0.25, -0.2) is 0 Å². The first-order valence-corrected chi connectivity index (χ1v) is 7.96. The minimum Gasteiger partial charge on any atom is -0.550 e. The van der Waals surface area contributed by atoms with Crippen molar-refractivity contribution in [1.82, 2.24) is 0 Å². The van der Waals surface area contributed by atoms with Crippen LogP contribution < -0.4 is 15.3 Å². The average Bonchev–Trinajstić information content (AvgIpc) is 2.43. The number of hydrogen-bond acceptors (Lipinski definition) is 9. The van der Waals surface area contributed by atoms with Gasteiger partial charge in [-0.15, -0.1) is 0 Å². The summed E-state index contributed by atoms with van der Waals surface area (Å²) in [7, 11) is 0. The van der Waals surface area contributed by atoms with Crippen molar-refractivity contribution in [3.63, 3.8) is 0 Å². The van der Waals surface area contributed by atoms with Crippen LogP contribution in [-0.4, -0.2) is 36.6 Å². The van der Waals surface area contributed by atoms with Crippen molar-refractivity contribution in [1.29, 1.82) is 0 Å². The van der Waals surface area contributed by atoms with E-state index in [4.69, 9.17) is 0 Å². The Morgan fingerprint density at radius 2 is 0.679 bits per heavy atom. The molecule has 0 N–H and O–H groups in total. The summed E-state index contributed by atoms with van der Waals surface area (Å²) in [6, 6.07) is 0. The molecule has 1 radical (unpaired) electrons. The van der Waals surface area contributed by atoms with Gasteiger partial charge in [0, 0.05) is 55.2 Å². The van der Waals surface area contributed by atoms with Gasteiger partial charge in [0.05, 0.1) is 0 Å². The number of carboxylic acids is 3. The van der Waals surface area contributed by atoms with E-state index in [0.29, 0.717) is 0 Å². The van der Waals surface area contributed by atoms with Gasteiger partial charge in [0.15, 0.2) is 0 Å². The number of allylic oxidation sites excluding steroid dienone is 3. The Kier molecular flexibility index (Phi) is 34.3. The van der Waals surface area contributed by atoms with Gasteiger partial charge in [-0.1, -0.05) is 20.8 Å². The number of hydrogen-bond donors (Lipinski definition) is 0. The van der Waals surface area contributed by atoms with Crippen molar-refractivity contribution in [3.8, 4) is 0 Å². The smallest absolute Gasteiger partial charge is 0.550 e. The molecule has 0 atom stereocenters. The molecule has 3 rings (SSSR count). The van der Waals surface area contributed by atoms with E-state index in [1.807, 2.05) is 18.2 Å². The summed E-state index contributed by atoms with van der Waals surface area (Å²) >= 11 is 0. The van der Waals surface area contributed by atoms with Crippen molar-refractivity contribution < 1.29 is 51.4 Å². The molecular weight excluding hydrogens is 402 g/mol. The minimum absolute atomic E-state index is 0. The zero-order chi connectivity index (χ0) is 21.3. The fraction of sp³-hybridized carbons (Fsp3) is 0.333. The number of aliphatic imine (C=N–C) groups is 3. The van der Waals surface area contributed by atoms with E-state index < -0.39 is 17.9 Å². The average molecular weight is 426 g/mol. The number of rotatable bonds is 3. The standard InChI is InChI=1S/3C3H3N.3C3H6O2.Ti/c3*1-2-4-3-1;3*1-2-3(4)5;/h3*1-3H;3*2H2,1H3,(H,4,5);/q;;;;;;+3/p-3.